The largest absolute Gasteiger partial charge is 1.00 e. The first-order valence-corrected chi connectivity index (χ1v) is 8.82. The molecule has 1 atom stereocenters. The normalized spacial score (nSPS) is 23.6. The van der Waals surface area contributed by atoms with Crippen LogP contribution in [0.25, 0.3) is 0 Å². The van der Waals surface area contributed by atoms with E-state index in [1.165, 1.54) is 11.1 Å². The van der Waals surface area contributed by atoms with Crippen LogP contribution in [0.1, 0.15) is 62.3 Å². The Kier molecular flexibility index (Phi) is 8.34. The van der Waals surface area contributed by atoms with Crippen LogP contribution in [0.3, 0.4) is 0 Å². The van der Waals surface area contributed by atoms with Gasteiger partial charge in [0.05, 0.1) is 0 Å². The molecule has 0 N–H and O–H groups in total. The average molecular weight is 383 g/mol. The van der Waals surface area contributed by atoms with E-state index in [4.69, 9.17) is 0 Å². The Labute approximate surface area is 159 Å². The van der Waals surface area contributed by atoms with Crippen LogP contribution in [-0.4, -0.2) is 26.0 Å². The first-order valence-electron chi connectivity index (χ1n) is 7.14. The molecule has 0 fully saturated rings. The van der Waals surface area contributed by atoms with Crippen molar-refractivity contribution in [1.29, 1.82) is 0 Å². The van der Waals surface area contributed by atoms with Gasteiger partial charge in [-0.3, -0.25) is 0 Å². The molecule has 1 aliphatic rings. The van der Waals surface area contributed by atoms with Crippen molar-refractivity contribution in [3.8, 4) is 0 Å². The molecule has 5 heteroatoms. The van der Waals surface area contributed by atoms with E-state index in [1.807, 2.05) is 0 Å². The SMILES string of the molecule is CC1=C(C)C(C)(C(C)(C)N([SiH3])C(C)(C)C)[C]([Ti+2])=C1C.[Cl-].[Cl-]. The molecule has 0 radical (unpaired) electrons. The Hall–Kier alpha value is 0.951. The van der Waals surface area contributed by atoms with Gasteiger partial charge in [0, 0.05) is 0 Å². The summed E-state index contributed by atoms with van der Waals surface area (Å²) in [5.74, 6) is 0. The van der Waals surface area contributed by atoms with Crippen molar-refractivity contribution in [1.82, 2.24) is 4.57 Å². The van der Waals surface area contributed by atoms with E-state index >= 15 is 0 Å². The van der Waals surface area contributed by atoms with Crippen LogP contribution in [-0.2, 0) is 20.4 Å². The number of hydrogen-bond acceptors (Lipinski definition) is 1. The molecule has 0 saturated heterocycles. The van der Waals surface area contributed by atoms with Crippen molar-refractivity contribution in [3.63, 3.8) is 0 Å². The van der Waals surface area contributed by atoms with Gasteiger partial charge >= 0.3 is 135 Å². The van der Waals surface area contributed by atoms with Crippen molar-refractivity contribution >= 4 is 10.4 Å². The quantitative estimate of drug-likeness (QED) is 0.471. The minimum absolute atomic E-state index is 0. The smallest absolute Gasteiger partial charge is 1.00 e. The number of nitrogens with zero attached hydrogens (tertiary/aromatic N) is 1. The van der Waals surface area contributed by atoms with Crippen molar-refractivity contribution < 1.29 is 45.2 Å². The summed E-state index contributed by atoms with van der Waals surface area (Å²) in [6, 6.07) is 0. The Balaban J connectivity index is 0. The van der Waals surface area contributed by atoms with Crippen molar-refractivity contribution in [2.24, 2.45) is 5.41 Å². The van der Waals surface area contributed by atoms with E-state index in [2.05, 4.69) is 87.3 Å². The summed E-state index contributed by atoms with van der Waals surface area (Å²) in [7, 11) is 1.08. The first-order chi connectivity index (χ1) is 8.29. The maximum absolute atomic E-state index is 2.67. The summed E-state index contributed by atoms with van der Waals surface area (Å²) in [6.07, 6.45) is 0. The number of halogens is 2. The fourth-order valence-electron chi connectivity index (χ4n) is 3.34. The van der Waals surface area contributed by atoms with Gasteiger partial charge < -0.3 is 24.8 Å². The maximum atomic E-state index is 2.67. The third-order valence-corrected chi connectivity index (χ3v) is 9.64. The van der Waals surface area contributed by atoms with E-state index in [9.17, 15) is 0 Å². The average Bonchev–Trinajstić information content (AvgIpc) is 2.44. The third-order valence-electron chi connectivity index (χ3n) is 5.82. The van der Waals surface area contributed by atoms with E-state index in [0.29, 0.717) is 0 Å². The van der Waals surface area contributed by atoms with Crippen molar-refractivity contribution in [3.05, 3.63) is 20.6 Å². The Morgan fingerprint density at radius 2 is 1.33 bits per heavy atom. The Morgan fingerprint density at radius 3 is 1.57 bits per heavy atom. The molecule has 0 heterocycles. The molecule has 121 valence electrons. The van der Waals surface area contributed by atoms with E-state index in [0.717, 1.165) is 10.4 Å². The standard InChI is InChI=1S/C16H30NSi.2ClH.Ti/c1-11-10-16(9,13(3)12(11)2)15(7,8)17(18)14(4,5)6;;;/h1-9,18H3;2*1H;/q;;;+2/p-2. The van der Waals surface area contributed by atoms with Crippen molar-refractivity contribution in [2.75, 3.05) is 0 Å². The topological polar surface area (TPSA) is 3.24 Å². The van der Waals surface area contributed by atoms with Gasteiger partial charge in [0.15, 0.2) is 0 Å². The Morgan fingerprint density at radius 1 is 0.952 bits per heavy atom. The second kappa shape index (κ2) is 7.23. The zero-order valence-corrected chi connectivity index (χ0v) is 20.3. The molecule has 0 aromatic rings. The molecule has 0 aromatic heterocycles. The Bertz CT molecular complexity index is 437. The second-order valence-corrected chi connectivity index (χ2v) is 9.34. The molecule has 0 bridgehead atoms. The molecule has 1 aliphatic carbocycles. The number of rotatable bonds is 2. The molecule has 21 heavy (non-hydrogen) atoms. The van der Waals surface area contributed by atoms with Crippen LogP contribution in [0, 0.1) is 5.41 Å². The van der Waals surface area contributed by atoms with Gasteiger partial charge in [-0.1, -0.05) is 0 Å². The summed E-state index contributed by atoms with van der Waals surface area (Å²) in [6.45, 7) is 21.2. The molecule has 0 aliphatic heterocycles. The monoisotopic (exact) mass is 382 g/mol. The molecule has 0 aromatic carbocycles. The maximum Gasteiger partial charge on any atom is -1.00 e. The molecule has 1 nitrogen and oxygen atoms in total. The minimum atomic E-state index is 0. The summed E-state index contributed by atoms with van der Waals surface area (Å²) in [4.78, 5) is 0. The molecule has 1 rings (SSSR count). The van der Waals surface area contributed by atoms with E-state index < -0.39 is 0 Å². The van der Waals surface area contributed by atoms with E-state index in [1.54, 1.807) is 9.45 Å². The van der Waals surface area contributed by atoms with Crippen LogP contribution < -0.4 is 24.8 Å². The van der Waals surface area contributed by atoms with Gasteiger partial charge in [-0.05, 0) is 0 Å². The predicted octanol–water partition coefficient (Wildman–Crippen LogP) is -2.67. The van der Waals surface area contributed by atoms with Gasteiger partial charge in [-0.25, -0.2) is 0 Å². The molecule has 1 unspecified atom stereocenters. The van der Waals surface area contributed by atoms with Crippen LogP contribution in [0.5, 0.6) is 0 Å². The van der Waals surface area contributed by atoms with Crippen LogP contribution in [0.4, 0.5) is 0 Å². The molecular weight excluding hydrogens is 353 g/mol. The van der Waals surface area contributed by atoms with Crippen molar-refractivity contribution in [2.45, 2.75) is 73.4 Å². The van der Waals surface area contributed by atoms with Gasteiger partial charge in [-0.2, -0.15) is 0 Å². The van der Waals surface area contributed by atoms with Crippen LogP contribution in [0.2, 0.25) is 0 Å². The predicted molar refractivity (Wildman–Crippen MR) is 84.8 cm³/mol. The molecule has 0 saturated carbocycles. The fraction of sp³-hybridized carbons (Fsp3) is 0.750. The summed E-state index contributed by atoms with van der Waals surface area (Å²) in [5.41, 5.74) is 5.07. The van der Waals surface area contributed by atoms with E-state index in [-0.39, 0.29) is 41.3 Å². The zero-order chi connectivity index (χ0) is 15.4. The number of hydrogen-bond donors (Lipinski definition) is 0. The first kappa shape index (κ1) is 24.2. The summed E-state index contributed by atoms with van der Waals surface area (Å²) >= 11 is 2.33. The molecule has 0 amide bonds. The second-order valence-electron chi connectivity index (χ2n) is 7.66. The summed E-state index contributed by atoms with van der Waals surface area (Å²) in [5, 5.41) is 0. The number of allylic oxidation sites excluding steroid dienone is 2. The zero-order valence-electron chi connectivity index (χ0n) is 15.2. The third kappa shape index (κ3) is 3.56. The van der Waals surface area contributed by atoms with Gasteiger partial charge in [0.1, 0.15) is 0 Å². The molecule has 0 spiro atoms. The fourth-order valence-corrected chi connectivity index (χ4v) is 4.86. The molecular formula is C16H30Cl2NSiTi. The van der Waals surface area contributed by atoms with Gasteiger partial charge in [-0.15, -0.1) is 0 Å². The van der Waals surface area contributed by atoms with Gasteiger partial charge in [0.25, 0.3) is 0 Å². The van der Waals surface area contributed by atoms with Crippen LogP contribution in [0.15, 0.2) is 20.6 Å². The van der Waals surface area contributed by atoms with Crippen LogP contribution >= 0.6 is 0 Å². The van der Waals surface area contributed by atoms with Gasteiger partial charge in [0.2, 0.25) is 0 Å². The minimum Gasteiger partial charge on any atom is -1.00 e. The summed E-state index contributed by atoms with van der Waals surface area (Å²) < 4.78 is 4.22.